The molecule has 0 bridgehead atoms. The van der Waals surface area contributed by atoms with Gasteiger partial charge in [0.25, 0.3) is 0 Å². The summed E-state index contributed by atoms with van der Waals surface area (Å²) in [6.45, 7) is 0. The van der Waals surface area contributed by atoms with E-state index in [2.05, 4.69) is 4.98 Å². The molecule has 114 valence electrons. The fraction of sp³-hybridized carbons (Fsp3) is 0.462. The molecule has 2 aromatic rings. The molecule has 0 aliphatic heterocycles. The van der Waals surface area contributed by atoms with Gasteiger partial charge < -0.3 is 15.2 Å². The molecule has 1 aromatic carbocycles. The molecule has 1 heterocycles. The number of alkyl halides is 3. The van der Waals surface area contributed by atoms with E-state index < -0.39 is 11.7 Å². The summed E-state index contributed by atoms with van der Waals surface area (Å²) in [5.74, 6) is 0.575. The van der Waals surface area contributed by atoms with Crippen molar-refractivity contribution in [3.63, 3.8) is 0 Å². The molecule has 0 radical (unpaired) electrons. The highest BCUT2D eigenvalue weighted by Gasteiger charge is 2.66. The molecule has 1 fully saturated rings. The number of imidazole rings is 1. The predicted octanol–water partition coefficient (Wildman–Crippen LogP) is 2.69. The molecular weight excluding hydrogens is 287 g/mol. The van der Waals surface area contributed by atoms with Gasteiger partial charge in [-0.3, -0.25) is 4.57 Å². The number of nitrogens with zero attached hydrogens (tertiary/aromatic N) is 2. The highest BCUT2D eigenvalue weighted by Crippen LogP contribution is 2.57. The van der Waals surface area contributed by atoms with Gasteiger partial charge in [-0.15, -0.1) is 0 Å². The number of hydrogen-bond acceptors (Lipinski definition) is 4. The molecule has 0 saturated heterocycles. The van der Waals surface area contributed by atoms with E-state index in [4.69, 9.17) is 15.2 Å². The van der Waals surface area contributed by atoms with Crippen LogP contribution in [0, 0.1) is 0 Å². The lowest BCUT2D eigenvalue weighted by Crippen LogP contribution is -2.35. The highest BCUT2D eigenvalue weighted by molar-refractivity contribution is 5.83. The predicted molar refractivity (Wildman–Crippen MR) is 70.5 cm³/mol. The zero-order chi connectivity index (χ0) is 15.4. The van der Waals surface area contributed by atoms with Gasteiger partial charge in [-0.05, 0) is 12.8 Å². The van der Waals surface area contributed by atoms with Crippen LogP contribution in [0.4, 0.5) is 19.1 Å². The highest BCUT2D eigenvalue weighted by atomic mass is 19.4. The van der Waals surface area contributed by atoms with Crippen LogP contribution in [-0.2, 0) is 5.54 Å². The number of methoxy groups -OCH3 is 2. The number of benzene rings is 1. The van der Waals surface area contributed by atoms with E-state index in [9.17, 15) is 13.2 Å². The standard InChI is InChI=1S/C13H14F3N3O2/c1-20-9-5-7-8(6-10(9)21-2)19(11(17)18-7)12(3-4-12)13(14,15)16/h5-6H,3-4H2,1-2H3,(H2,17,18). The molecular formula is C13H14F3N3O2. The van der Waals surface area contributed by atoms with Crippen molar-refractivity contribution in [1.29, 1.82) is 0 Å². The molecule has 0 spiro atoms. The summed E-state index contributed by atoms with van der Waals surface area (Å²) >= 11 is 0. The second kappa shape index (κ2) is 4.19. The number of anilines is 1. The number of rotatable bonds is 3. The Hall–Kier alpha value is -2.12. The molecule has 2 N–H and O–H groups in total. The number of halogens is 3. The van der Waals surface area contributed by atoms with Crippen LogP contribution >= 0.6 is 0 Å². The average Bonchev–Trinajstić information content (AvgIpc) is 3.15. The zero-order valence-corrected chi connectivity index (χ0v) is 11.5. The third kappa shape index (κ3) is 1.81. The first kappa shape index (κ1) is 13.8. The van der Waals surface area contributed by atoms with Crippen LogP contribution in [0.3, 0.4) is 0 Å². The van der Waals surface area contributed by atoms with Crippen LogP contribution in [-0.4, -0.2) is 29.9 Å². The first-order chi connectivity index (χ1) is 9.84. The first-order valence-corrected chi connectivity index (χ1v) is 6.31. The largest absolute Gasteiger partial charge is 0.493 e. The number of aromatic nitrogens is 2. The minimum absolute atomic E-state index is 0.000501. The van der Waals surface area contributed by atoms with Crippen molar-refractivity contribution in [1.82, 2.24) is 9.55 Å². The minimum Gasteiger partial charge on any atom is -0.493 e. The second-order valence-corrected chi connectivity index (χ2v) is 5.03. The Kier molecular flexibility index (Phi) is 2.76. The number of ether oxygens (including phenoxy) is 2. The lowest BCUT2D eigenvalue weighted by molar-refractivity contribution is -0.178. The summed E-state index contributed by atoms with van der Waals surface area (Å²) in [7, 11) is 2.87. The number of nitrogen functional groups attached to an aromatic ring is 1. The van der Waals surface area contributed by atoms with Crippen LogP contribution in [0.15, 0.2) is 12.1 Å². The minimum atomic E-state index is -4.37. The molecule has 1 aliphatic carbocycles. The SMILES string of the molecule is COc1cc2nc(N)n(C3(C(F)(F)F)CC3)c2cc1OC. The van der Waals surface area contributed by atoms with Crippen LogP contribution in [0.25, 0.3) is 11.0 Å². The number of hydrogen-bond donors (Lipinski definition) is 1. The lowest BCUT2D eigenvalue weighted by atomic mass is 10.2. The van der Waals surface area contributed by atoms with Crippen molar-refractivity contribution in [2.45, 2.75) is 24.6 Å². The summed E-state index contributed by atoms with van der Waals surface area (Å²) in [5.41, 5.74) is 4.42. The molecule has 1 aromatic heterocycles. The van der Waals surface area contributed by atoms with Gasteiger partial charge in [0.1, 0.15) is 5.54 Å². The second-order valence-electron chi connectivity index (χ2n) is 5.03. The van der Waals surface area contributed by atoms with Gasteiger partial charge >= 0.3 is 6.18 Å². The van der Waals surface area contributed by atoms with E-state index in [-0.39, 0.29) is 18.8 Å². The van der Waals surface area contributed by atoms with Gasteiger partial charge in [-0.2, -0.15) is 13.2 Å². The Morgan fingerprint density at radius 2 is 1.76 bits per heavy atom. The summed E-state index contributed by atoms with van der Waals surface area (Å²) in [5, 5.41) is 0. The number of nitrogens with two attached hydrogens (primary N) is 1. The van der Waals surface area contributed by atoms with Crippen molar-refractivity contribution in [3.8, 4) is 11.5 Å². The maximum Gasteiger partial charge on any atom is 0.412 e. The molecule has 21 heavy (non-hydrogen) atoms. The van der Waals surface area contributed by atoms with Crippen molar-refractivity contribution < 1.29 is 22.6 Å². The summed E-state index contributed by atoms with van der Waals surface area (Å²) < 4.78 is 51.3. The number of fused-ring (bicyclic) bond motifs is 1. The maximum absolute atomic E-state index is 13.3. The topological polar surface area (TPSA) is 62.3 Å². The van der Waals surface area contributed by atoms with Gasteiger partial charge in [0.15, 0.2) is 11.5 Å². The molecule has 0 unspecified atom stereocenters. The van der Waals surface area contributed by atoms with Crippen molar-refractivity contribution >= 4 is 17.0 Å². The molecule has 0 amide bonds. The fourth-order valence-corrected chi connectivity index (χ4v) is 2.63. The fourth-order valence-electron chi connectivity index (χ4n) is 2.63. The van der Waals surface area contributed by atoms with Gasteiger partial charge in [-0.25, -0.2) is 4.98 Å². The quantitative estimate of drug-likeness (QED) is 0.947. The van der Waals surface area contributed by atoms with Crippen LogP contribution < -0.4 is 15.2 Å². The van der Waals surface area contributed by atoms with E-state index in [1.807, 2.05) is 0 Å². The van der Waals surface area contributed by atoms with E-state index in [1.165, 1.54) is 26.4 Å². The smallest absolute Gasteiger partial charge is 0.412 e. The normalized spacial score (nSPS) is 17.0. The molecule has 1 saturated carbocycles. The van der Waals surface area contributed by atoms with Gasteiger partial charge in [0, 0.05) is 12.1 Å². The van der Waals surface area contributed by atoms with Crippen molar-refractivity contribution in [2.24, 2.45) is 0 Å². The van der Waals surface area contributed by atoms with Gasteiger partial charge in [-0.1, -0.05) is 0 Å². The van der Waals surface area contributed by atoms with Crippen LogP contribution in [0.2, 0.25) is 0 Å². The average molecular weight is 301 g/mol. The summed E-state index contributed by atoms with van der Waals surface area (Å²) in [4.78, 5) is 4.02. The zero-order valence-electron chi connectivity index (χ0n) is 11.5. The van der Waals surface area contributed by atoms with Gasteiger partial charge in [0.2, 0.25) is 5.95 Å². The van der Waals surface area contributed by atoms with Gasteiger partial charge in [0.05, 0.1) is 25.3 Å². The third-order valence-electron chi connectivity index (χ3n) is 3.87. The summed E-state index contributed by atoms with van der Waals surface area (Å²) in [6, 6.07) is 3.00. The monoisotopic (exact) mass is 301 g/mol. The third-order valence-corrected chi connectivity index (χ3v) is 3.87. The Bertz CT molecular complexity index is 705. The molecule has 0 atom stereocenters. The Morgan fingerprint density at radius 1 is 1.19 bits per heavy atom. The van der Waals surface area contributed by atoms with Crippen LogP contribution in [0.5, 0.6) is 11.5 Å². The Labute approximate surface area is 118 Å². The Balaban J connectivity index is 2.27. The van der Waals surface area contributed by atoms with E-state index >= 15 is 0 Å². The molecule has 3 rings (SSSR count). The van der Waals surface area contributed by atoms with E-state index in [1.54, 1.807) is 0 Å². The Morgan fingerprint density at radius 3 is 2.24 bits per heavy atom. The van der Waals surface area contributed by atoms with Crippen molar-refractivity contribution in [2.75, 3.05) is 20.0 Å². The maximum atomic E-state index is 13.3. The van der Waals surface area contributed by atoms with E-state index in [0.29, 0.717) is 22.5 Å². The lowest BCUT2D eigenvalue weighted by Gasteiger charge is -2.22. The molecule has 1 aliphatic rings. The van der Waals surface area contributed by atoms with Crippen molar-refractivity contribution in [3.05, 3.63) is 12.1 Å². The van der Waals surface area contributed by atoms with E-state index in [0.717, 1.165) is 4.57 Å². The first-order valence-electron chi connectivity index (χ1n) is 6.31. The summed E-state index contributed by atoms with van der Waals surface area (Å²) in [6.07, 6.45) is -4.37. The molecule has 5 nitrogen and oxygen atoms in total. The molecule has 8 heteroatoms. The van der Waals surface area contributed by atoms with Crippen LogP contribution in [0.1, 0.15) is 12.8 Å².